The molecule has 0 aliphatic carbocycles. The fourth-order valence-electron chi connectivity index (χ4n) is 2.93. The van der Waals surface area contributed by atoms with Gasteiger partial charge in [-0.1, -0.05) is 72.3 Å². The number of hydrogen-bond acceptors (Lipinski definition) is 3. The van der Waals surface area contributed by atoms with Crippen LogP contribution >= 0.6 is 11.6 Å². The average molecular weight is 381 g/mol. The lowest BCUT2D eigenvalue weighted by Crippen LogP contribution is -2.30. The van der Waals surface area contributed by atoms with Crippen LogP contribution in [0.5, 0.6) is 5.75 Å². The van der Waals surface area contributed by atoms with E-state index in [4.69, 9.17) is 16.3 Å². The van der Waals surface area contributed by atoms with Crippen molar-refractivity contribution in [2.45, 2.75) is 12.3 Å². The van der Waals surface area contributed by atoms with E-state index in [9.17, 15) is 4.79 Å². The fourth-order valence-corrected chi connectivity index (χ4v) is 3.10. The first-order chi connectivity index (χ1) is 13.2. The maximum absolute atomic E-state index is 12.1. The summed E-state index contributed by atoms with van der Waals surface area (Å²) < 4.78 is 5.42. The van der Waals surface area contributed by atoms with Gasteiger partial charge in [0.2, 0.25) is 0 Å². The number of amides is 1. The Morgan fingerprint density at radius 2 is 1.59 bits per heavy atom. The lowest BCUT2D eigenvalue weighted by Gasteiger charge is -2.18. The van der Waals surface area contributed by atoms with E-state index in [0.717, 1.165) is 6.42 Å². The van der Waals surface area contributed by atoms with E-state index in [1.54, 1.807) is 18.3 Å². The van der Waals surface area contributed by atoms with E-state index in [2.05, 4.69) is 34.6 Å². The second kappa shape index (κ2) is 9.74. The number of benzene rings is 2. The highest BCUT2D eigenvalue weighted by Gasteiger charge is 2.14. The number of halogens is 1. The summed E-state index contributed by atoms with van der Waals surface area (Å²) in [6, 6.07) is 24.0. The molecule has 0 spiro atoms. The van der Waals surface area contributed by atoms with E-state index in [1.165, 1.54) is 11.1 Å². The molecular weight excluding hydrogens is 360 g/mol. The second-order valence-corrected chi connectivity index (χ2v) is 6.45. The predicted molar refractivity (Wildman–Crippen MR) is 107 cm³/mol. The standard InChI is InChI=1S/C22H21ClN2O2/c23-22-20(12-7-14-25-22)27-16-21(26)24-15-13-19(17-8-3-1-4-9-17)18-10-5-2-6-11-18/h1-12,14,19H,13,15-16H2,(H,24,26). The number of carbonyl (C=O) groups is 1. The van der Waals surface area contributed by atoms with Crippen molar-refractivity contribution in [3.05, 3.63) is 95.3 Å². The zero-order chi connectivity index (χ0) is 18.9. The largest absolute Gasteiger partial charge is 0.481 e. The molecule has 4 nitrogen and oxygen atoms in total. The molecule has 138 valence electrons. The van der Waals surface area contributed by atoms with Gasteiger partial charge in [-0.25, -0.2) is 4.98 Å². The van der Waals surface area contributed by atoms with Crippen LogP contribution in [-0.4, -0.2) is 24.0 Å². The van der Waals surface area contributed by atoms with Crippen molar-refractivity contribution in [2.24, 2.45) is 0 Å². The average Bonchev–Trinajstić information content (AvgIpc) is 2.72. The van der Waals surface area contributed by atoms with Crippen LogP contribution < -0.4 is 10.1 Å². The molecule has 1 heterocycles. The fraction of sp³-hybridized carbons (Fsp3) is 0.182. The maximum Gasteiger partial charge on any atom is 0.257 e. The smallest absolute Gasteiger partial charge is 0.257 e. The summed E-state index contributed by atoms with van der Waals surface area (Å²) in [6.45, 7) is 0.462. The summed E-state index contributed by atoms with van der Waals surface area (Å²) in [7, 11) is 0. The van der Waals surface area contributed by atoms with Crippen molar-refractivity contribution in [3.63, 3.8) is 0 Å². The van der Waals surface area contributed by atoms with Gasteiger partial charge in [0.05, 0.1) is 0 Å². The number of nitrogens with zero attached hydrogens (tertiary/aromatic N) is 1. The Labute approximate surface area is 164 Å². The molecule has 27 heavy (non-hydrogen) atoms. The van der Waals surface area contributed by atoms with Gasteiger partial charge in [0.25, 0.3) is 5.91 Å². The molecule has 0 saturated carbocycles. The minimum absolute atomic E-state index is 0.0905. The summed E-state index contributed by atoms with van der Waals surface area (Å²) in [6.07, 6.45) is 2.37. The Bertz CT molecular complexity index is 817. The maximum atomic E-state index is 12.1. The van der Waals surface area contributed by atoms with E-state index < -0.39 is 0 Å². The van der Waals surface area contributed by atoms with Gasteiger partial charge in [-0.3, -0.25) is 4.79 Å². The highest BCUT2D eigenvalue weighted by Crippen LogP contribution is 2.27. The molecule has 0 unspecified atom stereocenters. The van der Waals surface area contributed by atoms with Crippen LogP contribution in [0.15, 0.2) is 79.0 Å². The van der Waals surface area contributed by atoms with Gasteiger partial charge in [0.15, 0.2) is 17.5 Å². The molecule has 0 saturated heterocycles. The SMILES string of the molecule is O=C(COc1cccnc1Cl)NCCC(c1ccccc1)c1ccccc1. The van der Waals surface area contributed by atoms with Crippen molar-refractivity contribution >= 4 is 17.5 Å². The van der Waals surface area contributed by atoms with Crippen LogP contribution in [0.3, 0.4) is 0 Å². The summed E-state index contributed by atoms with van der Waals surface area (Å²) in [5, 5.41) is 3.16. The minimum atomic E-state index is -0.185. The van der Waals surface area contributed by atoms with Crippen LogP contribution in [0.1, 0.15) is 23.5 Å². The summed E-state index contributed by atoms with van der Waals surface area (Å²) in [5.41, 5.74) is 2.47. The highest BCUT2D eigenvalue weighted by atomic mass is 35.5. The molecular formula is C22H21ClN2O2. The molecule has 0 atom stereocenters. The zero-order valence-electron chi connectivity index (χ0n) is 14.8. The van der Waals surface area contributed by atoms with Gasteiger partial charge in [-0.15, -0.1) is 0 Å². The van der Waals surface area contributed by atoms with Crippen molar-refractivity contribution in [3.8, 4) is 5.75 Å². The molecule has 0 fully saturated rings. The Kier molecular flexibility index (Phi) is 6.83. The van der Waals surface area contributed by atoms with E-state index >= 15 is 0 Å². The molecule has 0 bridgehead atoms. The van der Waals surface area contributed by atoms with Gasteiger partial charge in [0, 0.05) is 18.7 Å². The van der Waals surface area contributed by atoms with Crippen molar-refractivity contribution in [1.29, 1.82) is 0 Å². The Morgan fingerprint density at radius 3 is 2.19 bits per heavy atom. The third-order valence-corrected chi connectivity index (χ3v) is 4.53. The predicted octanol–water partition coefficient (Wildman–Crippen LogP) is 4.45. The topological polar surface area (TPSA) is 51.2 Å². The number of pyridine rings is 1. The van der Waals surface area contributed by atoms with E-state index in [-0.39, 0.29) is 23.6 Å². The van der Waals surface area contributed by atoms with E-state index in [1.807, 2.05) is 36.4 Å². The molecule has 2 aromatic carbocycles. The summed E-state index contributed by atoms with van der Waals surface area (Å²) in [5.74, 6) is 0.442. The van der Waals surface area contributed by atoms with Gasteiger partial charge in [-0.2, -0.15) is 0 Å². The van der Waals surface area contributed by atoms with Crippen LogP contribution in [-0.2, 0) is 4.79 Å². The lowest BCUT2D eigenvalue weighted by atomic mass is 9.88. The first-order valence-electron chi connectivity index (χ1n) is 8.84. The normalized spacial score (nSPS) is 10.6. The first-order valence-corrected chi connectivity index (χ1v) is 9.22. The molecule has 1 amide bonds. The monoisotopic (exact) mass is 380 g/mol. The summed E-state index contributed by atoms with van der Waals surface area (Å²) in [4.78, 5) is 16.0. The second-order valence-electron chi connectivity index (χ2n) is 6.09. The molecule has 0 aliphatic heterocycles. The Balaban J connectivity index is 1.55. The number of nitrogens with one attached hydrogen (secondary N) is 1. The number of rotatable bonds is 8. The lowest BCUT2D eigenvalue weighted by molar-refractivity contribution is -0.123. The molecule has 5 heteroatoms. The number of carbonyl (C=O) groups excluding carboxylic acids is 1. The molecule has 3 rings (SSSR count). The van der Waals surface area contributed by atoms with Crippen LogP contribution in [0.25, 0.3) is 0 Å². The van der Waals surface area contributed by atoms with Gasteiger partial charge >= 0.3 is 0 Å². The molecule has 0 radical (unpaired) electrons. The molecule has 3 aromatic rings. The zero-order valence-corrected chi connectivity index (χ0v) is 15.6. The quantitative estimate of drug-likeness (QED) is 0.587. The molecule has 0 aliphatic rings. The highest BCUT2D eigenvalue weighted by molar-refractivity contribution is 6.30. The minimum Gasteiger partial charge on any atom is -0.481 e. The van der Waals surface area contributed by atoms with Crippen molar-refractivity contribution in [1.82, 2.24) is 10.3 Å². The van der Waals surface area contributed by atoms with Gasteiger partial charge in [0.1, 0.15) is 0 Å². The van der Waals surface area contributed by atoms with Crippen LogP contribution in [0, 0.1) is 0 Å². The van der Waals surface area contributed by atoms with Gasteiger partial charge < -0.3 is 10.1 Å². The van der Waals surface area contributed by atoms with Crippen LogP contribution in [0.4, 0.5) is 0 Å². The van der Waals surface area contributed by atoms with Crippen molar-refractivity contribution < 1.29 is 9.53 Å². The Hall–Kier alpha value is -2.85. The van der Waals surface area contributed by atoms with Crippen molar-refractivity contribution in [2.75, 3.05) is 13.2 Å². The number of hydrogen-bond donors (Lipinski definition) is 1. The molecule has 1 aromatic heterocycles. The van der Waals surface area contributed by atoms with E-state index in [0.29, 0.717) is 12.3 Å². The molecule has 1 N–H and O–H groups in total. The summed E-state index contributed by atoms with van der Waals surface area (Å²) >= 11 is 5.92. The Morgan fingerprint density at radius 1 is 0.963 bits per heavy atom. The third-order valence-electron chi connectivity index (χ3n) is 4.24. The number of ether oxygens (including phenoxy) is 1. The first kappa shape index (κ1) is 18.9. The third kappa shape index (κ3) is 5.56. The number of aromatic nitrogens is 1. The van der Waals surface area contributed by atoms with Gasteiger partial charge in [-0.05, 0) is 29.7 Å². The van der Waals surface area contributed by atoms with Crippen LogP contribution in [0.2, 0.25) is 5.15 Å².